The molecule has 19 heavy (non-hydrogen) atoms. The third-order valence-electron chi connectivity index (χ3n) is 4.88. The van der Waals surface area contributed by atoms with Crippen LogP contribution >= 0.6 is 0 Å². The maximum atomic E-state index is 13.2. The highest BCUT2D eigenvalue weighted by Crippen LogP contribution is 2.43. The second kappa shape index (κ2) is 4.77. The normalized spacial score (nSPS) is 26.9. The molecule has 104 valence electrons. The summed E-state index contributed by atoms with van der Waals surface area (Å²) in [5, 5.41) is 9.48. The summed E-state index contributed by atoms with van der Waals surface area (Å²) in [6.07, 6.45) is 4.52. The summed E-state index contributed by atoms with van der Waals surface area (Å²) in [5.41, 5.74) is 2.53. The Labute approximate surface area is 112 Å². The summed E-state index contributed by atoms with van der Waals surface area (Å²) in [7, 11) is 0. The summed E-state index contributed by atoms with van der Waals surface area (Å²) in [6, 6.07) is 5.57. The lowest BCUT2D eigenvalue weighted by molar-refractivity contribution is -0.0529. The number of rotatable bonds is 1. The van der Waals surface area contributed by atoms with Gasteiger partial charge in [0.1, 0.15) is 5.75 Å². The molecule has 1 saturated carbocycles. The molecule has 0 saturated heterocycles. The van der Waals surface area contributed by atoms with E-state index < -0.39 is 5.92 Å². The summed E-state index contributed by atoms with van der Waals surface area (Å²) in [6.45, 7) is 0. The smallest absolute Gasteiger partial charge is 0.248 e. The lowest BCUT2D eigenvalue weighted by Gasteiger charge is -2.36. The SMILES string of the molecule is Oc1ccc2c(c1)CCC(C1CCC(F)(F)CC1)C2. The minimum atomic E-state index is -2.42. The Kier molecular flexibility index (Phi) is 3.23. The van der Waals surface area contributed by atoms with Gasteiger partial charge in [-0.1, -0.05) is 6.07 Å². The van der Waals surface area contributed by atoms with E-state index in [1.807, 2.05) is 12.1 Å². The number of fused-ring (bicyclic) bond motifs is 1. The van der Waals surface area contributed by atoms with Crippen molar-refractivity contribution in [3.8, 4) is 5.75 Å². The second-order valence-corrected chi connectivity index (χ2v) is 6.15. The Morgan fingerprint density at radius 2 is 1.74 bits per heavy atom. The van der Waals surface area contributed by atoms with Gasteiger partial charge >= 0.3 is 0 Å². The number of phenols is 1. The van der Waals surface area contributed by atoms with Crippen LogP contribution in [0.4, 0.5) is 8.78 Å². The molecule has 0 aliphatic heterocycles. The molecule has 0 bridgehead atoms. The Morgan fingerprint density at radius 1 is 1.00 bits per heavy atom. The molecule has 1 fully saturated rings. The molecule has 1 aromatic rings. The fourth-order valence-corrected chi connectivity index (χ4v) is 3.71. The number of alkyl halides is 2. The third-order valence-corrected chi connectivity index (χ3v) is 4.88. The zero-order valence-corrected chi connectivity index (χ0v) is 11.0. The summed E-state index contributed by atoms with van der Waals surface area (Å²) < 4.78 is 26.4. The average molecular weight is 266 g/mol. The predicted octanol–water partition coefficient (Wildman–Crippen LogP) is 4.32. The summed E-state index contributed by atoms with van der Waals surface area (Å²) in [4.78, 5) is 0. The quantitative estimate of drug-likeness (QED) is 0.802. The molecule has 3 heteroatoms. The van der Waals surface area contributed by atoms with Crippen LogP contribution < -0.4 is 0 Å². The predicted molar refractivity (Wildman–Crippen MR) is 70.5 cm³/mol. The molecular formula is C16H20F2O. The average Bonchev–Trinajstić information content (AvgIpc) is 2.38. The van der Waals surface area contributed by atoms with E-state index in [-0.39, 0.29) is 12.8 Å². The van der Waals surface area contributed by atoms with Crippen LogP contribution in [0.1, 0.15) is 43.2 Å². The van der Waals surface area contributed by atoms with Crippen molar-refractivity contribution in [2.45, 2.75) is 50.9 Å². The van der Waals surface area contributed by atoms with Gasteiger partial charge in [0, 0.05) is 12.8 Å². The molecule has 2 aliphatic rings. The van der Waals surface area contributed by atoms with Crippen LogP contribution in [-0.2, 0) is 12.8 Å². The minimum absolute atomic E-state index is 0.0661. The zero-order chi connectivity index (χ0) is 13.5. The largest absolute Gasteiger partial charge is 0.508 e. The fourth-order valence-electron chi connectivity index (χ4n) is 3.71. The van der Waals surface area contributed by atoms with Crippen molar-refractivity contribution >= 4 is 0 Å². The van der Waals surface area contributed by atoms with Crippen LogP contribution in [0.15, 0.2) is 18.2 Å². The summed E-state index contributed by atoms with van der Waals surface area (Å²) >= 11 is 0. The van der Waals surface area contributed by atoms with E-state index in [0.29, 0.717) is 30.4 Å². The van der Waals surface area contributed by atoms with Crippen molar-refractivity contribution in [3.63, 3.8) is 0 Å². The number of halogens is 2. The first-order chi connectivity index (χ1) is 9.03. The molecule has 1 nitrogen and oxygen atoms in total. The lowest BCUT2D eigenvalue weighted by Crippen LogP contribution is -2.31. The van der Waals surface area contributed by atoms with Crippen molar-refractivity contribution in [2.75, 3.05) is 0 Å². The monoisotopic (exact) mass is 266 g/mol. The highest BCUT2D eigenvalue weighted by Gasteiger charge is 2.38. The maximum Gasteiger partial charge on any atom is 0.248 e. The number of benzene rings is 1. The van der Waals surface area contributed by atoms with Gasteiger partial charge in [0.05, 0.1) is 0 Å². The minimum Gasteiger partial charge on any atom is -0.508 e. The Hall–Kier alpha value is -1.12. The topological polar surface area (TPSA) is 20.2 Å². The highest BCUT2D eigenvalue weighted by molar-refractivity contribution is 5.36. The maximum absolute atomic E-state index is 13.2. The van der Waals surface area contributed by atoms with E-state index in [0.717, 1.165) is 19.3 Å². The number of hydrogen-bond acceptors (Lipinski definition) is 1. The van der Waals surface area contributed by atoms with Gasteiger partial charge in [0.15, 0.2) is 0 Å². The van der Waals surface area contributed by atoms with Crippen molar-refractivity contribution in [3.05, 3.63) is 29.3 Å². The van der Waals surface area contributed by atoms with Crippen LogP contribution in [-0.4, -0.2) is 11.0 Å². The second-order valence-electron chi connectivity index (χ2n) is 6.15. The van der Waals surface area contributed by atoms with Crippen LogP contribution in [0, 0.1) is 11.8 Å². The van der Waals surface area contributed by atoms with E-state index in [4.69, 9.17) is 0 Å². The van der Waals surface area contributed by atoms with Crippen LogP contribution in [0.5, 0.6) is 5.75 Å². The molecule has 0 radical (unpaired) electrons. The number of hydrogen-bond donors (Lipinski definition) is 1. The van der Waals surface area contributed by atoms with Crippen molar-refractivity contribution in [2.24, 2.45) is 11.8 Å². The van der Waals surface area contributed by atoms with Crippen molar-refractivity contribution in [1.29, 1.82) is 0 Å². The van der Waals surface area contributed by atoms with Crippen molar-refractivity contribution in [1.82, 2.24) is 0 Å². The van der Waals surface area contributed by atoms with Gasteiger partial charge in [-0.15, -0.1) is 0 Å². The van der Waals surface area contributed by atoms with Crippen LogP contribution in [0.2, 0.25) is 0 Å². The summed E-state index contributed by atoms with van der Waals surface area (Å²) in [5.74, 6) is -1.08. The van der Waals surface area contributed by atoms with Crippen LogP contribution in [0.3, 0.4) is 0 Å². The molecule has 1 atom stereocenters. The number of phenolic OH excluding ortho intramolecular Hbond substituents is 1. The molecule has 0 spiro atoms. The van der Waals surface area contributed by atoms with E-state index in [2.05, 4.69) is 0 Å². The van der Waals surface area contributed by atoms with Gasteiger partial charge in [-0.3, -0.25) is 0 Å². The molecule has 1 unspecified atom stereocenters. The van der Waals surface area contributed by atoms with Gasteiger partial charge in [-0.25, -0.2) is 8.78 Å². The van der Waals surface area contributed by atoms with Gasteiger partial charge < -0.3 is 5.11 Å². The first-order valence-corrected chi connectivity index (χ1v) is 7.22. The molecule has 0 aromatic heterocycles. The molecule has 1 aromatic carbocycles. The van der Waals surface area contributed by atoms with E-state index in [9.17, 15) is 13.9 Å². The first-order valence-electron chi connectivity index (χ1n) is 7.22. The highest BCUT2D eigenvalue weighted by atomic mass is 19.3. The van der Waals surface area contributed by atoms with Gasteiger partial charge in [0.25, 0.3) is 0 Å². The molecular weight excluding hydrogens is 246 g/mol. The molecule has 0 heterocycles. The Morgan fingerprint density at radius 3 is 2.47 bits per heavy atom. The van der Waals surface area contributed by atoms with Gasteiger partial charge in [0.2, 0.25) is 5.92 Å². The van der Waals surface area contributed by atoms with Gasteiger partial charge in [-0.05, 0) is 67.2 Å². The third kappa shape index (κ3) is 2.75. The molecule has 2 aliphatic carbocycles. The molecule has 3 rings (SSSR count). The van der Waals surface area contributed by atoms with Crippen LogP contribution in [0.25, 0.3) is 0 Å². The fraction of sp³-hybridized carbons (Fsp3) is 0.625. The van der Waals surface area contributed by atoms with E-state index in [1.165, 1.54) is 11.1 Å². The number of aromatic hydroxyl groups is 1. The Bertz CT molecular complexity index is 460. The molecule has 0 amide bonds. The molecule has 1 N–H and O–H groups in total. The van der Waals surface area contributed by atoms with E-state index in [1.54, 1.807) is 6.07 Å². The lowest BCUT2D eigenvalue weighted by atomic mass is 9.71. The zero-order valence-electron chi connectivity index (χ0n) is 11.0. The van der Waals surface area contributed by atoms with E-state index >= 15 is 0 Å². The first kappa shape index (κ1) is 12.9. The standard InChI is InChI=1S/C16H20F2O/c17-16(18)7-5-11(6-8-16)12-1-2-14-10-15(19)4-3-13(14)9-12/h3-4,10-12,19H,1-2,5-9H2. The van der Waals surface area contributed by atoms with Crippen molar-refractivity contribution < 1.29 is 13.9 Å². The van der Waals surface area contributed by atoms with Gasteiger partial charge in [-0.2, -0.15) is 0 Å². The Balaban J connectivity index is 1.67. The number of aryl methyl sites for hydroxylation is 1.